The van der Waals surface area contributed by atoms with E-state index < -0.39 is 0 Å². The van der Waals surface area contributed by atoms with E-state index in [0.29, 0.717) is 20.7 Å². The van der Waals surface area contributed by atoms with Gasteiger partial charge >= 0.3 is 0 Å². The Labute approximate surface area is 182 Å². The van der Waals surface area contributed by atoms with Crippen LogP contribution in [-0.4, -0.2) is 15.9 Å². The van der Waals surface area contributed by atoms with Gasteiger partial charge in [0.25, 0.3) is 5.91 Å². The minimum atomic E-state index is -0.245. The Kier molecular flexibility index (Phi) is 5.54. The van der Waals surface area contributed by atoms with Gasteiger partial charge in [-0.15, -0.1) is 0 Å². The third-order valence-electron chi connectivity index (χ3n) is 4.49. The number of carbonyl (C=O) groups is 1. The maximum atomic E-state index is 13.4. The molecule has 0 radical (unpaired) electrons. The van der Waals surface area contributed by atoms with Gasteiger partial charge in [0.15, 0.2) is 5.13 Å². The summed E-state index contributed by atoms with van der Waals surface area (Å²) in [5.74, 6) is -0.245. The predicted molar refractivity (Wildman–Crippen MR) is 120 cm³/mol. The van der Waals surface area contributed by atoms with E-state index in [0.717, 1.165) is 27.0 Å². The first-order valence-corrected chi connectivity index (χ1v) is 10.5. The van der Waals surface area contributed by atoms with E-state index in [4.69, 9.17) is 28.2 Å². The highest BCUT2D eigenvalue weighted by Crippen LogP contribution is 2.34. The molecule has 0 aliphatic heterocycles. The Morgan fingerprint density at radius 3 is 2.66 bits per heavy atom. The molecule has 0 atom stereocenters. The Bertz CT molecular complexity index is 1210. The summed E-state index contributed by atoms with van der Waals surface area (Å²) in [6.45, 7) is 4.38. The zero-order valence-electron chi connectivity index (χ0n) is 15.8. The van der Waals surface area contributed by atoms with Crippen LogP contribution in [-0.2, 0) is 6.54 Å². The van der Waals surface area contributed by atoms with Crippen LogP contribution in [0.25, 0.3) is 10.2 Å². The third-order valence-corrected chi connectivity index (χ3v) is 6.27. The molecule has 4 nitrogen and oxygen atoms in total. The van der Waals surface area contributed by atoms with Crippen molar-refractivity contribution in [1.82, 2.24) is 9.97 Å². The first-order valence-electron chi connectivity index (χ1n) is 8.97. The fourth-order valence-electron chi connectivity index (χ4n) is 3.17. The molecule has 2 aromatic heterocycles. The third kappa shape index (κ3) is 4.13. The first-order chi connectivity index (χ1) is 13.9. The van der Waals surface area contributed by atoms with Gasteiger partial charge in [0, 0.05) is 11.2 Å². The van der Waals surface area contributed by atoms with Gasteiger partial charge in [-0.1, -0.05) is 46.7 Å². The molecule has 2 aromatic carbocycles. The number of nitrogens with zero attached hydrogens (tertiary/aromatic N) is 3. The zero-order valence-corrected chi connectivity index (χ0v) is 18.1. The number of hydrogen-bond acceptors (Lipinski definition) is 4. The van der Waals surface area contributed by atoms with Crippen molar-refractivity contribution in [2.45, 2.75) is 20.4 Å². The van der Waals surface area contributed by atoms with E-state index in [9.17, 15) is 4.79 Å². The highest BCUT2D eigenvalue weighted by Gasteiger charge is 2.24. The Morgan fingerprint density at radius 1 is 1.10 bits per heavy atom. The number of fused-ring (bicyclic) bond motifs is 1. The van der Waals surface area contributed by atoms with Crippen LogP contribution in [0.5, 0.6) is 0 Å². The number of halogens is 2. The molecule has 29 heavy (non-hydrogen) atoms. The van der Waals surface area contributed by atoms with Crippen molar-refractivity contribution in [2.75, 3.05) is 4.90 Å². The number of aromatic nitrogens is 2. The molecule has 1 amide bonds. The number of rotatable bonds is 4. The van der Waals surface area contributed by atoms with Gasteiger partial charge in [0.2, 0.25) is 0 Å². The van der Waals surface area contributed by atoms with Crippen molar-refractivity contribution in [2.24, 2.45) is 0 Å². The quantitative estimate of drug-likeness (QED) is 0.364. The van der Waals surface area contributed by atoms with Crippen LogP contribution < -0.4 is 4.90 Å². The van der Waals surface area contributed by atoms with Crippen LogP contribution >= 0.6 is 34.5 Å². The van der Waals surface area contributed by atoms with Crippen LogP contribution in [0.15, 0.2) is 54.7 Å². The van der Waals surface area contributed by atoms with Gasteiger partial charge in [-0.25, -0.2) is 4.98 Å². The molecule has 2 heterocycles. The average Bonchev–Trinajstić information content (AvgIpc) is 3.10. The number of amides is 1. The van der Waals surface area contributed by atoms with Crippen LogP contribution in [0.3, 0.4) is 0 Å². The zero-order chi connectivity index (χ0) is 20.5. The van der Waals surface area contributed by atoms with E-state index >= 15 is 0 Å². The monoisotopic (exact) mass is 441 g/mol. The highest BCUT2D eigenvalue weighted by atomic mass is 35.5. The maximum absolute atomic E-state index is 13.4. The standard InChI is InChI=1S/C22H17Cl2N3OS/c1-13-9-14(2)20-19(10-13)26-22(29-20)27(12-16-5-3-4-8-25-16)21(28)17-7-6-15(23)11-18(17)24/h3-11H,12H2,1-2H3. The molecule has 0 saturated carbocycles. The SMILES string of the molecule is Cc1cc(C)c2sc(N(Cc3ccccn3)C(=O)c3ccc(Cl)cc3Cl)nc2c1. The van der Waals surface area contributed by atoms with Crippen molar-refractivity contribution < 1.29 is 4.79 Å². The molecular weight excluding hydrogens is 425 g/mol. The number of pyridine rings is 1. The van der Waals surface area contributed by atoms with Crippen LogP contribution in [0.4, 0.5) is 5.13 Å². The molecular formula is C22H17Cl2N3OS. The summed E-state index contributed by atoms with van der Waals surface area (Å²) >= 11 is 13.8. The van der Waals surface area contributed by atoms with Crippen molar-refractivity contribution in [3.05, 3.63) is 87.2 Å². The lowest BCUT2D eigenvalue weighted by atomic mass is 10.1. The Balaban J connectivity index is 1.82. The van der Waals surface area contributed by atoms with Crippen LogP contribution in [0.2, 0.25) is 10.0 Å². The van der Waals surface area contributed by atoms with Gasteiger partial charge < -0.3 is 0 Å². The molecule has 4 aromatic rings. The maximum Gasteiger partial charge on any atom is 0.261 e. The fraction of sp³-hybridized carbons (Fsp3) is 0.136. The lowest BCUT2D eigenvalue weighted by molar-refractivity contribution is 0.0985. The molecule has 0 unspecified atom stereocenters. The van der Waals surface area contributed by atoms with Gasteiger partial charge in [-0.3, -0.25) is 14.7 Å². The number of carbonyl (C=O) groups excluding carboxylic acids is 1. The Morgan fingerprint density at radius 2 is 1.93 bits per heavy atom. The van der Waals surface area contributed by atoms with Crippen LogP contribution in [0.1, 0.15) is 27.2 Å². The van der Waals surface area contributed by atoms with E-state index in [1.165, 1.54) is 11.3 Å². The number of anilines is 1. The van der Waals surface area contributed by atoms with Crippen molar-refractivity contribution in [1.29, 1.82) is 0 Å². The van der Waals surface area contributed by atoms with Gasteiger partial charge in [-0.05, 0) is 61.4 Å². The van der Waals surface area contributed by atoms with E-state index in [2.05, 4.69) is 18.0 Å². The lowest BCUT2D eigenvalue weighted by Crippen LogP contribution is -2.31. The molecule has 0 fully saturated rings. The summed E-state index contributed by atoms with van der Waals surface area (Å²) in [5.41, 5.74) is 4.29. The second kappa shape index (κ2) is 8.11. The molecule has 4 rings (SSSR count). The average molecular weight is 442 g/mol. The summed E-state index contributed by atoms with van der Waals surface area (Å²) in [5, 5.41) is 1.39. The van der Waals surface area contributed by atoms with Gasteiger partial charge in [0.05, 0.1) is 33.0 Å². The summed E-state index contributed by atoms with van der Waals surface area (Å²) in [7, 11) is 0. The smallest absolute Gasteiger partial charge is 0.261 e. The topological polar surface area (TPSA) is 46.1 Å². The minimum Gasteiger partial charge on any atom is -0.278 e. The predicted octanol–water partition coefficient (Wildman–Crippen LogP) is 6.46. The molecule has 0 saturated heterocycles. The van der Waals surface area contributed by atoms with Gasteiger partial charge in [0.1, 0.15) is 0 Å². The second-order valence-corrected chi connectivity index (χ2v) is 8.58. The summed E-state index contributed by atoms with van der Waals surface area (Å²) in [6, 6.07) is 14.6. The van der Waals surface area contributed by atoms with E-state index in [1.54, 1.807) is 29.3 Å². The second-order valence-electron chi connectivity index (χ2n) is 6.76. The minimum absolute atomic E-state index is 0.245. The van der Waals surface area contributed by atoms with E-state index in [-0.39, 0.29) is 12.5 Å². The van der Waals surface area contributed by atoms with E-state index in [1.807, 2.05) is 31.2 Å². The molecule has 0 aliphatic rings. The summed E-state index contributed by atoms with van der Waals surface area (Å²) in [6.07, 6.45) is 1.71. The van der Waals surface area contributed by atoms with Gasteiger partial charge in [-0.2, -0.15) is 0 Å². The summed E-state index contributed by atoms with van der Waals surface area (Å²) in [4.78, 5) is 24.2. The first kappa shape index (κ1) is 19.8. The number of aryl methyl sites for hydroxylation is 2. The molecule has 7 heteroatoms. The number of hydrogen-bond donors (Lipinski definition) is 0. The van der Waals surface area contributed by atoms with Crippen molar-refractivity contribution >= 4 is 55.8 Å². The summed E-state index contributed by atoms with van der Waals surface area (Å²) < 4.78 is 1.06. The molecule has 0 bridgehead atoms. The molecule has 0 spiro atoms. The number of thiazole rings is 1. The largest absolute Gasteiger partial charge is 0.278 e. The lowest BCUT2D eigenvalue weighted by Gasteiger charge is -2.20. The molecule has 146 valence electrons. The van der Waals surface area contributed by atoms with Crippen LogP contribution in [0, 0.1) is 13.8 Å². The fourth-order valence-corrected chi connectivity index (χ4v) is 4.67. The highest BCUT2D eigenvalue weighted by molar-refractivity contribution is 7.22. The number of benzene rings is 2. The Hall–Kier alpha value is -2.47. The molecule has 0 aliphatic carbocycles. The normalized spacial score (nSPS) is 11.0. The van der Waals surface area contributed by atoms with Crippen molar-refractivity contribution in [3.63, 3.8) is 0 Å². The molecule has 0 N–H and O–H groups in total. The van der Waals surface area contributed by atoms with Crippen molar-refractivity contribution in [3.8, 4) is 0 Å².